The summed E-state index contributed by atoms with van der Waals surface area (Å²) in [5.41, 5.74) is 0.792. The van der Waals surface area contributed by atoms with E-state index < -0.39 is 0 Å². The van der Waals surface area contributed by atoms with Gasteiger partial charge in [-0.3, -0.25) is 4.79 Å². The Hall–Kier alpha value is -2.18. The third kappa shape index (κ3) is 2.01. The zero-order chi connectivity index (χ0) is 10.7. The maximum absolute atomic E-state index is 11.5. The molecule has 15 heavy (non-hydrogen) atoms. The van der Waals surface area contributed by atoms with E-state index in [2.05, 4.69) is 25.9 Å². The lowest BCUT2D eigenvalue weighted by atomic mass is 10.3. The number of carbonyl (C=O) groups is 1. The van der Waals surface area contributed by atoms with Gasteiger partial charge in [0, 0.05) is 5.56 Å². The average molecular weight is 207 g/mol. The Morgan fingerprint density at radius 3 is 3.13 bits per heavy atom. The van der Waals surface area contributed by atoms with Crippen molar-refractivity contribution in [2.24, 2.45) is 0 Å². The molecule has 2 N–H and O–H groups in total. The molecule has 2 aromatic rings. The zero-order valence-corrected chi connectivity index (χ0v) is 8.02. The number of nitrogens with one attached hydrogen (secondary N) is 2. The van der Waals surface area contributed by atoms with Crippen LogP contribution in [-0.2, 0) is 6.54 Å². The second-order valence-corrected chi connectivity index (χ2v) is 2.94. The Morgan fingerprint density at radius 2 is 2.53 bits per heavy atom. The van der Waals surface area contributed by atoms with Crippen LogP contribution in [0.3, 0.4) is 0 Å². The molecule has 0 aliphatic rings. The molecule has 2 aromatic heterocycles. The molecule has 0 fully saturated rings. The van der Waals surface area contributed by atoms with E-state index in [-0.39, 0.29) is 12.5 Å². The highest BCUT2D eigenvalue weighted by Gasteiger charge is 2.12. The van der Waals surface area contributed by atoms with Crippen molar-refractivity contribution in [1.82, 2.24) is 25.9 Å². The lowest BCUT2D eigenvalue weighted by Crippen LogP contribution is -2.23. The highest BCUT2D eigenvalue weighted by molar-refractivity contribution is 5.92. The summed E-state index contributed by atoms with van der Waals surface area (Å²) >= 11 is 0. The van der Waals surface area contributed by atoms with Crippen LogP contribution in [0.4, 0.5) is 0 Å². The summed E-state index contributed by atoms with van der Waals surface area (Å²) in [5, 5.41) is 15.7. The van der Waals surface area contributed by atoms with Gasteiger partial charge in [0.1, 0.15) is 0 Å². The van der Waals surface area contributed by atoms with Crippen LogP contribution >= 0.6 is 0 Å². The van der Waals surface area contributed by atoms with Gasteiger partial charge < -0.3 is 9.73 Å². The Balaban J connectivity index is 1.96. The normalized spacial score (nSPS) is 10.2. The number of furan rings is 1. The lowest BCUT2D eigenvalue weighted by molar-refractivity contribution is 0.0921. The summed E-state index contributed by atoms with van der Waals surface area (Å²) in [5.74, 6) is 0.438. The molecule has 78 valence electrons. The summed E-state index contributed by atoms with van der Waals surface area (Å²) in [7, 11) is 0. The minimum absolute atomic E-state index is 0.218. The first-order valence-electron chi connectivity index (χ1n) is 4.32. The van der Waals surface area contributed by atoms with Crippen LogP contribution in [0.15, 0.2) is 16.7 Å². The molecular weight excluding hydrogens is 198 g/mol. The number of rotatable bonds is 3. The molecule has 7 nitrogen and oxygen atoms in total. The molecular formula is C8H9N5O2. The molecule has 7 heteroatoms. The van der Waals surface area contributed by atoms with Gasteiger partial charge in [0.25, 0.3) is 5.91 Å². The van der Waals surface area contributed by atoms with Crippen molar-refractivity contribution in [2.45, 2.75) is 13.5 Å². The summed E-state index contributed by atoms with van der Waals surface area (Å²) in [6.45, 7) is 2.02. The minimum atomic E-state index is -0.290. The average Bonchev–Trinajstić information content (AvgIpc) is 2.84. The van der Waals surface area contributed by atoms with Crippen molar-refractivity contribution < 1.29 is 9.21 Å². The van der Waals surface area contributed by atoms with Gasteiger partial charge in [-0.05, 0) is 13.0 Å². The van der Waals surface area contributed by atoms with Gasteiger partial charge in [-0.2, -0.15) is 5.21 Å². The number of amides is 1. The second-order valence-electron chi connectivity index (χ2n) is 2.94. The highest BCUT2D eigenvalue weighted by atomic mass is 16.3. The first kappa shape index (κ1) is 9.38. The number of hydrogen-bond donors (Lipinski definition) is 2. The van der Waals surface area contributed by atoms with Gasteiger partial charge in [-0.1, -0.05) is 5.21 Å². The van der Waals surface area contributed by atoms with Gasteiger partial charge in [0.05, 0.1) is 12.8 Å². The molecule has 2 rings (SSSR count). The van der Waals surface area contributed by atoms with Gasteiger partial charge in [0.2, 0.25) is 0 Å². The van der Waals surface area contributed by atoms with E-state index in [1.54, 1.807) is 13.0 Å². The van der Waals surface area contributed by atoms with Crippen LogP contribution in [0.25, 0.3) is 0 Å². The summed E-state index contributed by atoms with van der Waals surface area (Å²) < 4.78 is 5.02. The zero-order valence-electron chi connectivity index (χ0n) is 8.02. The first-order valence-corrected chi connectivity index (χ1v) is 4.32. The molecule has 2 heterocycles. The number of hydrogen-bond acceptors (Lipinski definition) is 5. The standard InChI is InChI=1S/C8H9N5O2/c1-5-2-3-15-7(5)8(14)9-4-6-10-12-13-11-6/h2-3H,4H2,1H3,(H,9,14)(H,10,11,12,13). The first-order chi connectivity index (χ1) is 7.27. The van der Waals surface area contributed by atoms with Crippen molar-refractivity contribution in [3.63, 3.8) is 0 Å². The molecule has 0 aliphatic carbocycles. The third-order valence-corrected chi connectivity index (χ3v) is 1.86. The fourth-order valence-corrected chi connectivity index (χ4v) is 1.10. The number of aromatic amines is 1. The van der Waals surface area contributed by atoms with E-state index >= 15 is 0 Å². The van der Waals surface area contributed by atoms with Crippen molar-refractivity contribution in [1.29, 1.82) is 0 Å². The summed E-state index contributed by atoms with van der Waals surface area (Å²) in [6.07, 6.45) is 1.47. The van der Waals surface area contributed by atoms with Crippen LogP contribution < -0.4 is 5.32 Å². The van der Waals surface area contributed by atoms with Crippen molar-refractivity contribution in [3.8, 4) is 0 Å². The van der Waals surface area contributed by atoms with Gasteiger partial charge in [-0.25, -0.2) is 0 Å². The van der Waals surface area contributed by atoms with Crippen molar-refractivity contribution >= 4 is 5.91 Å². The summed E-state index contributed by atoms with van der Waals surface area (Å²) in [6, 6.07) is 1.73. The molecule has 1 amide bonds. The number of aryl methyl sites for hydroxylation is 1. The molecule has 0 atom stereocenters. The van der Waals surface area contributed by atoms with E-state index in [4.69, 9.17) is 4.42 Å². The Kier molecular flexibility index (Phi) is 2.44. The van der Waals surface area contributed by atoms with E-state index in [0.29, 0.717) is 11.6 Å². The van der Waals surface area contributed by atoms with Crippen LogP contribution in [0.1, 0.15) is 21.9 Å². The third-order valence-electron chi connectivity index (χ3n) is 1.86. The van der Waals surface area contributed by atoms with Gasteiger partial charge in [0.15, 0.2) is 11.6 Å². The molecule has 0 saturated carbocycles. The van der Waals surface area contributed by atoms with E-state index in [0.717, 1.165) is 5.56 Å². The van der Waals surface area contributed by atoms with Crippen LogP contribution in [0.5, 0.6) is 0 Å². The smallest absolute Gasteiger partial charge is 0.287 e. The van der Waals surface area contributed by atoms with Crippen molar-refractivity contribution in [3.05, 3.63) is 29.5 Å². The molecule has 0 aromatic carbocycles. The van der Waals surface area contributed by atoms with Gasteiger partial charge in [-0.15, -0.1) is 10.2 Å². The maximum Gasteiger partial charge on any atom is 0.287 e. The summed E-state index contributed by atoms with van der Waals surface area (Å²) in [4.78, 5) is 11.5. The van der Waals surface area contributed by atoms with Crippen LogP contribution in [0.2, 0.25) is 0 Å². The fraction of sp³-hybridized carbons (Fsp3) is 0.250. The van der Waals surface area contributed by atoms with E-state index in [9.17, 15) is 4.79 Å². The van der Waals surface area contributed by atoms with E-state index in [1.807, 2.05) is 0 Å². The predicted molar refractivity (Wildman–Crippen MR) is 48.8 cm³/mol. The lowest BCUT2D eigenvalue weighted by Gasteiger charge is -1.99. The number of tetrazole rings is 1. The second kappa shape index (κ2) is 3.91. The maximum atomic E-state index is 11.5. The molecule has 0 radical (unpaired) electrons. The Morgan fingerprint density at radius 1 is 1.67 bits per heavy atom. The Labute approximate surface area is 84.9 Å². The molecule has 0 spiro atoms. The SMILES string of the molecule is Cc1ccoc1C(=O)NCc1nn[nH]n1. The fourth-order valence-electron chi connectivity index (χ4n) is 1.10. The van der Waals surface area contributed by atoms with E-state index in [1.165, 1.54) is 6.26 Å². The number of carbonyl (C=O) groups excluding carboxylic acids is 1. The molecule has 0 saturated heterocycles. The number of H-pyrrole nitrogens is 1. The molecule has 0 unspecified atom stereocenters. The highest BCUT2D eigenvalue weighted by Crippen LogP contribution is 2.07. The quantitative estimate of drug-likeness (QED) is 0.740. The monoisotopic (exact) mass is 207 g/mol. The molecule has 0 aliphatic heterocycles. The van der Waals surface area contributed by atoms with Gasteiger partial charge >= 0.3 is 0 Å². The topological polar surface area (TPSA) is 96.7 Å². The minimum Gasteiger partial charge on any atom is -0.459 e. The van der Waals surface area contributed by atoms with Crippen LogP contribution in [-0.4, -0.2) is 26.5 Å². The van der Waals surface area contributed by atoms with Crippen molar-refractivity contribution in [2.75, 3.05) is 0 Å². The van der Waals surface area contributed by atoms with Crippen LogP contribution in [0, 0.1) is 6.92 Å². The predicted octanol–water partition coefficient (Wildman–Crippen LogP) is 0.0311. The number of nitrogens with zero attached hydrogens (tertiary/aromatic N) is 3. The number of aromatic nitrogens is 4. The molecule has 0 bridgehead atoms. The Bertz CT molecular complexity index is 447. The largest absolute Gasteiger partial charge is 0.459 e.